The Morgan fingerprint density at radius 1 is 1.35 bits per heavy atom. The number of allylic oxidation sites excluding steroid dienone is 1. The van der Waals surface area contributed by atoms with Gasteiger partial charge in [-0.25, -0.2) is 0 Å². The van der Waals surface area contributed by atoms with Crippen LogP contribution < -0.4 is 5.32 Å². The molecule has 138 valence electrons. The lowest BCUT2D eigenvalue weighted by Gasteiger charge is -2.21. The molecule has 0 unspecified atom stereocenters. The molecule has 1 heterocycles. The van der Waals surface area contributed by atoms with Crippen molar-refractivity contribution in [3.8, 4) is 0 Å². The van der Waals surface area contributed by atoms with Crippen molar-refractivity contribution in [2.45, 2.75) is 56.6 Å². The van der Waals surface area contributed by atoms with Crippen LogP contribution in [0.3, 0.4) is 0 Å². The number of hydrogen-bond donors (Lipinski definition) is 1. The number of amides is 1. The fourth-order valence-corrected chi connectivity index (χ4v) is 4.18. The molecule has 1 aromatic carbocycles. The fraction of sp³-hybridized carbons (Fsp3) is 0.450. The average molecular weight is 371 g/mol. The first-order valence-corrected chi connectivity index (χ1v) is 10.2. The van der Waals surface area contributed by atoms with Gasteiger partial charge in [-0.3, -0.25) is 4.79 Å². The summed E-state index contributed by atoms with van der Waals surface area (Å²) in [5.74, 6) is 1.80. The lowest BCUT2D eigenvalue weighted by molar-refractivity contribution is -0.113. The standard InChI is InChI=1S/C20H26N4OS/c1-3-12-24-19(16-9-5-4-6-10-16)22-23-20(24)26-14-18(25)21-17-11-7-8-15(2)13-17/h3,7-8,11,13,16H,1,4-6,9-10,12,14H2,2H3,(H,21,25). The highest BCUT2D eigenvalue weighted by Gasteiger charge is 2.23. The summed E-state index contributed by atoms with van der Waals surface area (Å²) in [5, 5.41) is 12.5. The monoisotopic (exact) mass is 370 g/mol. The smallest absolute Gasteiger partial charge is 0.234 e. The van der Waals surface area contributed by atoms with Gasteiger partial charge in [-0.1, -0.05) is 49.2 Å². The maximum Gasteiger partial charge on any atom is 0.234 e. The molecule has 6 heteroatoms. The molecule has 0 radical (unpaired) electrons. The highest BCUT2D eigenvalue weighted by Crippen LogP contribution is 2.33. The van der Waals surface area contributed by atoms with E-state index < -0.39 is 0 Å². The molecular weight excluding hydrogens is 344 g/mol. The second-order valence-corrected chi connectivity index (χ2v) is 7.72. The van der Waals surface area contributed by atoms with Crippen molar-refractivity contribution in [1.29, 1.82) is 0 Å². The van der Waals surface area contributed by atoms with Crippen molar-refractivity contribution in [2.75, 3.05) is 11.1 Å². The van der Waals surface area contributed by atoms with Gasteiger partial charge < -0.3 is 9.88 Å². The number of rotatable bonds is 7. The highest BCUT2D eigenvalue weighted by atomic mass is 32.2. The number of nitrogens with zero attached hydrogens (tertiary/aromatic N) is 3. The molecule has 1 amide bonds. The molecule has 1 N–H and O–H groups in total. The zero-order valence-electron chi connectivity index (χ0n) is 15.3. The number of benzene rings is 1. The summed E-state index contributed by atoms with van der Waals surface area (Å²) < 4.78 is 2.12. The molecule has 1 fully saturated rings. The summed E-state index contributed by atoms with van der Waals surface area (Å²) >= 11 is 1.43. The van der Waals surface area contributed by atoms with Gasteiger partial charge in [0.15, 0.2) is 5.16 Å². The quantitative estimate of drug-likeness (QED) is 0.574. The summed E-state index contributed by atoms with van der Waals surface area (Å²) in [6.07, 6.45) is 8.04. The van der Waals surface area contributed by atoms with E-state index in [2.05, 4.69) is 26.7 Å². The van der Waals surface area contributed by atoms with Crippen LogP contribution in [-0.4, -0.2) is 26.4 Å². The molecule has 5 nitrogen and oxygen atoms in total. The Morgan fingerprint density at radius 2 is 2.15 bits per heavy atom. The van der Waals surface area contributed by atoms with Crippen molar-refractivity contribution < 1.29 is 4.79 Å². The molecule has 0 spiro atoms. The van der Waals surface area contributed by atoms with Gasteiger partial charge >= 0.3 is 0 Å². The van der Waals surface area contributed by atoms with E-state index in [0.717, 1.165) is 22.2 Å². The van der Waals surface area contributed by atoms with Crippen LogP contribution in [0.25, 0.3) is 0 Å². The molecule has 1 aliphatic carbocycles. The third kappa shape index (κ3) is 4.75. The summed E-state index contributed by atoms with van der Waals surface area (Å²) in [4.78, 5) is 12.3. The topological polar surface area (TPSA) is 59.8 Å². The predicted octanol–water partition coefficient (Wildman–Crippen LogP) is 4.55. The molecule has 1 saturated carbocycles. The minimum atomic E-state index is -0.0343. The van der Waals surface area contributed by atoms with Crippen molar-refractivity contribution in [2.24, 2.45) is 0 Å². The van der Waals surface area contributed by atoms with Crippen LogP contribution >= 0.6 is 11.8 Å². The van der Waals surface area contributed by atoms with Crippen LogP contribution in [0, 0.1) is 6.92 Å². The first-order valence-electron chi connectivity index (χ1n) is 9.20. The largest absolute Gasteiger partial charge is 0.325 e. The number of carbonyl (C=O) groups is 1. The molecule has 1 aliphatic rings. The third-order valence-electron chi connectivity index (χ3n) is 4.66. The molecule has 0 atom stereocenters. The number of aromatic nitrogens is 3. The third-order valence-corrected chi connectivity index (χ3v) is 5.63. The van der Waals surface area contributed by atoms with Crippen molar-refractivity contribution in [3.63, 3.8) is 0 Å². The van der Waals surface area contributed by atoms with Crippen molar-refractivity contribution in [3.05, 3.63) is 48.3 Å². The normalized spacial score (nSPS) is 15.0. The van der Waals surface area contributed by atoms with Crippen LogP contribution in [0.4, 0.5) is 5.69 Å². The molecule has 1 aromatic heterocycles. The zero-order chi connectivity index (χ0) is 18.4. The van der Waals surface area contributed by atoms with E-state index in [0.29, 0.717) is 18.2 Å². The van der Waals surface area contributed by atoms with E-state index in [1.807, 2.05) is 37.3 Å². The van der Waals surface area contributed by atoms with Gasteiger partial charge in [0.1, 0.15) is 5.82 Å². The highest BCUT2D eigenvalue weighted by molar-refractivity contribution is 7.99. The fourth-order valence-electron chi connectivity index (χ4n) is 3.42. The number of aryl methyl sites for hydroxylation is 1. The summed E-state index contributed by atoms with van der Waals surface area (Å²) in [5.41, 5.74) is 1.95. The van der Waals surface area contributed by atoms with E-state index in [9.17, 15) is 4.79 Å². The minimum absolute atomic E-state index is 0.0343. The lowest BCUT2D eigenvalue weighted by atomic mass is 9.89. The van der Waals surface area contributed by atoms with Gasteiger partial charge in [-0.15, -0.1) is 16.8 Å². The first kappa shape index (κ1) is 18.7. The van der Waals surface area contributed by atoms with E-state index >= 15 is 0 Å². The van der Waals surface area contributed by atoms with Crippen LogP contribution in [0.1, 0.15) is 49.4 Å². The predicted molar refractivity (Wildman–Crippen MR) is 107 cm³/mol. The van der Waals surface area contributed by atoms with Crippen LogP contribution in [-0.2, 0) is 11.3 Å². The Morgan fingerprint density at radius 3 is 2.88 bits per heavy atom. The number of hydrogen-bond acceptors (Lipinski definition) is 4. The summed E-state index contributed by atoms with van der Waals surface area (Å²) in [6.45, 7) is 6.55. The van der Waals surface area contributed by atoms with Crippen molar-refractivity contribution >= 4 is 23.4 Å². The number of anilines is 1. The Hall–Kier alpha value is -2.08. The molecule has 0 bridgehead atoms. The van der Waals surface area contributed by atoms with Gasteiger partial charge in [0.05, 0.1) is 5.75 Å². The second-order valence-electron chi connectivity index (χ2n) is 6.78. The number of carbonyl (C=O) groups excluding carboxylic acids is 1. The van der Waals surface area contributed by atoms with Gasteiger partial charge in [-0.05, 0) is 37.5 Å². The van der Waals surface area contributed by atoms with Crippen LogP contribution in [0.2, 0.25) is 0 Å². The van der Waals surface area contributed by atoms with E-state index in [-0.39, 0.29) is 5.91 Å². The van der Waals surface area contributed by atoms with E-state index in [1.54, 1.807) is 0 Å². The molecular formula is C20H26N4OS. The second kappa shape index (κ2) is 9.03. The first-order chi connectivity index (χ1) is 12.7. The lowest BCUT2D eigenvalue weighted by Crippen LogP contribution is -2.15. The van der Waals surface area contributed by atoms with Crippen LogP contribution in [0.15, 0.2) is 42.1 Å². The molecule has 3 rings (SSSR count). The zero-order valence-corrected chi connectivity index (χ0v) is 16.1. The molecule has 26 heavy (non-hydrogen) atoms. The SMILES string of the molecule is C=CCn1c(SCC(=O)Nc2cccc(C)c2)nnc1C1CCCCC1. The maximum absolute atomic E-state index is 12.3. The molecule has 0 aliphatic heterocycles. The van der Waals surface area contributed by atoms with Gasteiger partial charge in [0, 0.05) is 18.2 Å². The van der Waals surface area contributed by atoms with Gasteiger partial charge in [0.25, 0.3) is 0 Å². The average Bonchev–Trinajstić information content (AvgIpc) is 3.04. The Labute approximate surface area is 159 Å². The number of thioether (sulfide) groups is 1. The number of nitrogens with one attached hydrogen (secondary N) is 1. The Bertz CT molecular complexity index is 765. The minimum Gasteiger partial charge on any atom is -0.325 e. The van der Waals surface area contributed by atoms with E-state index in [4.69, 9.17) is 0 Å². The Kier molecular flexibility index (Phi) is 6.50. The summed E-state index contributed by atoms with van der Waals surface area (Å²) in [6, 6.07) is 7.81. The van der Waals surface area contributed by atoms with Gasteiger partial charge in [0.2, 0.25) is 5.91 Å². The maximum atomic E-state index is 12.3. The van der Waals surface area contributed by atoms with Crippen LogP contribution in [0.5, 0.6) is 0 Å². The Balaban J connectivity index is 1.64. The molecule has 2 aromatic rings. The summed E-state index contributed by atoms with van der Waals surface area (Å²) in [7, 11) is 0. The van der Waals surface area contributed by atoms with E-state index in [1.165, 1.54) is 43.9 Å². The van der Waals surface area contributed by atoms with Crippen molar-refractivity contribution in [1.82, 2.24) is 14.8 Å². The van der Waals surface area contributed by atoms with Gasteiger partial charge in [-0.2, -0.15) is 0 Å². The molecule has 0 saturated heterocycles.